The van der Waals surface area contributed by atoms with Crippen molar-refractivity contribution in [3.05, 3.63) is 16.1 Å². The molecule has 0 aromatic carbocycles. The monoisotopic (exact) mass is 227 g/mol. The molecule has 15 heavy (non-hydrogen) atoms. The van der Waals surface area contributed by atoms with Gasteiger partial charge in [0.25, 0.3) is 0 Å². The molecule has 1 heterocycles. The Kier molecular flexibility index (Phi) is 4.91. The lowest BCUT2D eigenvalue weighted by Crippen LogP contribution is -2.25. The zero-order chi connectivity index (χ0) is 11.3. The van der Waals surface area contributed by atoms with Gasteiger partial charge in [0.05, 0.1) is 17.1 Å². The molecular formula is C11H17NO2S. The average Bonchev–Trinajstić information content (AvgIpc) is 2.60. The van der Waals surface area contributed by atoms with Crippen LogP contribution in [0, 0.1) is 6.92 Å². The van der Waals surface area contributed by atoms with Crippen LogP contribution in [-0.4, -0.2) is 23.5 Å². The number of thiazole rings is 1. The van der Waals surface area contributed by atoms with Crippen molar-refractivity contribution in [2.75, 3.05) is 6.61 Å². The van der Waals surface area contributed by atoms with E-state index in [1.165, 1.54) is 0 Å². The Bertz CT molecular complexity index is 322. The molecule has 3 nitrogen and oxygen atoms in total. The molecule has 1 atom stereocenters. The predicted octanol–water partition coefficient (Wildman–Crippen LogP) is 2.38. The number of Topliss-reactive ketones (excluding diaryl/α,β-unsaturated/α-hetero) is 1. The van der Waals surface area contributed by atoms with Crippen molar-refractivity contribution in [1.82, 2.24) is 4.98 Å². The molecule has 0 aliphatic carbocycles. The maximum Gasteiger partial charge on any atom is 0.167 e. The van der Waals surface area contributed by atoms with Crippen LogP contribution in [0.2, 0.25) is 0 Å². The fraction of sp³-hybridized carbons (Fsp3) is 0.636. The Labute approximate surface area is 94.5 Å². The van der Waals surface area contributed by atoms with Crippen molar-refractivity contribution in [3.8, 4) is 0 Å². The molecule has 1 unspecified atom stereocenters. The summed E-state index contributed by atoms with van der Waals surface area (Å²) in [5, 5.41) is 2.94. The van der Waals surface area contributed by atoms with E-state index in [1.54, 1.807) is 11.3 Å². The fourth-order valence-electron chi connectivity index (χ4n) is 1.42. The first-order valence-electron chi connectivity index (χ1n) is 5.22. The highest BCUT2D eigenvalue weighted by Crippen LogP contribution is 2.11. The minimum atomic E-state index is -0.267. The maximum absolute atomic E-state index is 11.8. The van der Waals surface area contributed by atoms with Gasteiger partial charge in [-0.25, -0.2) is 4.98 Å². The van der Waals surface area contributed by atoms with E-state index in [0.29, 0.717) is 13.0 Å². The molecule has 84 valence electrons. The molecular weight excluding hydrogens is 210 g/mol. The van der Waals surface area contributed by atoms with Crippen LogP contribution in [-0.2, 0) is 16.0 Å². The molecule has 0 aliphatic heterocycles. The van der Waals surface area contributed by atoms with Crippen molar-refractivity contribution in [2.45, 2.75) is 39.7 Å². The largest absolute Gasteiger partial charge is 0.371 e. The normalized spacial score (nSPS) is 12.7. The van der Waals surface area contributed by atoms with Gasteiger partial charge in [0.15, 0.2) is 5.78 Å². The Morgan fingerprint density at radius 2 is 2.33 bits per heavy atom. The summed E-state index contributed by atoms with van der Waals surface area (Å²) in [6, 6.07) is 0. The van der Waals surface area contributed by atoms with Gasteiger partial charge in [0, 0.05) is 12.0 Å². The Balaban J connectivity index is 2.53. The topological polar surface area (TPSA) is 39.2 Å². The second kappa shape index (κ2) is 5.98. The third kappa shape index (κ3) is 3.72. The average molecular weight is 227 g/mol. The van der Waals surface area contributed by atoms with E-state index in [9.17, 15) is 4.79 Å². The molecule has 0 fully saturated rings. The van der Waals surface area contributed by atoms with Gasteiger partial charge in [-0.05, 0) is 20.3 Å². The summed E-state index contributed by atoms with van der Waals surface area (Å²) in [5.41, 5.74) is 0.862. The molecule has 1 aromatic rings. The van der Waals surface area contributed by atoms with Gasteiger partial charge >= 0.3 is 0 Å². The van der Waals surface area contributed by atoms with Crippen molar-refractivity contribution in [3.63, 3.8) is 0 Å². The first kappa shape index (κ1) is 12.3. The SMILES string of the molecule is CCOC(CC)C(=O)Cc1csc(C)n1. The van der Waals surface area contributed by atoms with Crippen molar-refractivity contribution in [2.24, 2.45) is 0 Å². The number of carbonyl (C=O) groups is 1. The van der Waals surface area contributed by atoms with E-state index in [0.717, 1.165) is 17.1 Å². The zero-order valence-corrected chi connectivity index (χ0v) is 10.3. The van der Waals surface area contributed by atoms with Gasteiger partial charge in [-0.15, -0.1) is 11.3 Å². The van der Waals surface area contributed by atoms with Gasteiger partial charge in [0.1, 0.15) is 6.10 Å². The summed E-state index contributed by atoms with van der Waals surface area (Å²) >= 11 is 1.57. The van der Waals surface area contributed by atoms with E-state index < -0.39 is 0 Å². The molecule has 0 saturated heterocycles. The summed E-state index contributed by atoms with van der Waals surface area (Å²) in [4.78, 5) is 16.1. The number of hydrogen-bond donors (Lipinski definition) is 0. The van der Waals surface area contributed by atoms with Crippen LogP contribution in [0.1, 0.15) is 31.0 Å². The Hall–Kier alpha value is -0.740. The summed E-state index contributed by atoms with van der Waals surface area (Å²) in [7, 11) is 0. The molecule has 0 amide bonds. The molecule has 0 spiro atoms. The second-order valence-electron chi connectivity index (χ2n) is 3.35. The fourth-order valence-corrected chi connectivity index (χ4v) is 2.03. The molecule has 0 radical (unpaired) electrons. The van der Waals surface area contributed by atoms with Crippen molar-refractivity contribution in [1.29, 1.82) is 0 Å². The second-order valence-corrected chi connectivity index (χ2v) is 4.42. The zero-order valence-electron chi connectivity index (χ0n) is 9.45. The summed E-state index contributed by atoms with van der Waals surface area (Å²) in [6.45, 7) is 6.40. The number of carbonyl (C=O) groups excluding carboxylic acids is 1. The lowest BCUT2D eigenvalue weighted by atomic mass is 10.1. The molecule has 1 rings (SSSR count). The number of aryl methyl sites for hydroxylation is 1. The highest BCUT2D eigenvalue weighted by Gasteiger charge is 2.17. The standard InChI is InChI=1S/C11H17NO2S/c1-4-11(14-5-2)10(13)6-9-7-15-8(3)12-9/h7,11H,4-6H2,1-3H3. The molecule has 4 heteroatoms. The number of ether oxygens (including phenoxy) is 1. The van der Waals surface area contributed by atoms with Crippen LogP contribution in [0.4, 0.5) is 0 Å². The van der Waals surface area contributed by atoms with Crippen LogP contribution < -0.4 is 0 Å². The van der Waals surface area contributed by atoms with E-state index in [2.05, 4.69) is 4.98 Å². The summed E-state index contributed by atoms with van der Waals surface area (Å²) in [5.74, 6) is 0.129. The number of ketones is 1. The van der Waals surface area contributed by atoms with Crippen LogP contribution in [0.3, 0.4) is 0 Å². The van der Waals surface area contributed by atoms with Crippen LogP contribution >= 0.6 is 11.3 Å². The van der Waals surface area contributed by atoms with Crippen LogP contribution in [0.5, 0.6) is 0 Å². The first-order valence-corrected chi connectivity index (χ1v) is 6.10. The minimum absolute atomic E-state index is 0.129. The van der Waals surface area contributed by atoms with Crippen LogP contribution in [0.15, 0.2) is 5.38 Å². The first-order chi connectivity index (χ1) is 7.17. The molecule has 0 bridgehead atoms. The molecule has 1 aromatic heterocycles. The highest BCUT2D eigenvalue weighted by atomic mass is 32.1. The lowest BCUT2D eigenvalue weighted by molar-refractivity contribution is -0.129. The van der Waals surface area contributed by atoms with E-state index in [1.807, 2.05) is 26.2 Å². The summed E-state index contributed by atoms with van der Waals surface area (Å²) < 4.78 is 5.36. The number of hydrogen-bond acceptors (Lipinski definition) is 4. The maximum atomic E-state index is 11.8. The smallest absolute Gasteiger partial charge is 0.167 e. The van der Waals surface area contributed by atoms with E-state index >= 15 is 0 Å². The van der Waals surface area contributed by atoms with Gasteiger partial charge < -0.3 is 4.74 Å². The van der Waals surface area contributed by atoms with Crippen molar-refractivity contribution < 1.29 is 9.53 Å². The Morgan fingerprint density at radius 1 is 1.60 bits per heavy atom. The minimum Gasteiger partial charge on any atom is -0.371 e. The third-order valence-electron chi connectivity index (χ3n) is 2.12. The number of nitrogens with zero attached hydrogens (tertiary/aromatic N) is 1. The van der Waals surface area contributed by atoms with Gasteiger partial charge in [-0.3, -0.25) is 4.79 Å². The van der Waals surface area contributed by atoms with Crippen molar-refractivity contribution >= 4 is 17.1 Å². The van der Waals surface area contributed by atoms with Gasteiger partial charge in [-0.2, -0.15) is 0 Å². The quantitative estimate of drug-likeness (QED) is 0.749. The van der Waals surface area contributed by atoms with E-state index in [4.69, 9.17) is 4.74 Å². The molecule has 0 aliphatic rings. The highest BCUT2D eigenvalue weighted by molar-refractivity contribution is 7.09. The predicted molar refractivity (Wildman–Crippen MR) is 61.3 cm³/mol. The summed E-state index contributed by atoms with van der Waals surface area (Å²) in [6.07, 6.45) is 0.857. The number of aromatic nitrogens is 1. The van der Waals surface area contributed by atoms with Gasteiger partial charge in [0.2, 0.25) is 0 Å². The Morgan fingerprint density at radius 3 is 2.80 bits per heavy atom. The van der Waals surface area contributed by atoms with E-state index in [-0.39, 0.29) is 11.9 Å². The molecule has 0 N–H and O–H groups in total. The third-order valence-corrected chi connectivity index (χ3v) is 2.94. The molecule has 0 saturated carbocycles. The lowest BCUT2D eigenvalue weighted by Gasteiger charge is -2.12. The van der Waals surface area contributed by atoms with Gasteiger partial charge in [-0.1, -0.05) is 6.92 Å². The number of rotatable bonds is 6. The van der Waals surface area contributed by atoms with Crippen LogP contribution in [0.25, 0.3) is 0 Å².